The minimum absolute atomic E-state index is 0.180. The van der Waals surface area contributed by atoms with E-state index in [0.717, 1.165) is 0 Å². The predicted octanol–water partition coefficient (Wildman–Crippen LogP) is 1.75. The minimum Gasteiger partial charge on any atom is -0.449 e. The molecular formula is C10H11FN2O2. The Balaban J connectivity index is 2.34. The number of nitrogens with two attached hydrogens (primary N) is 1. The van der Waals surface area contributed by atoms with E-state index in [2.05, 4.69) is 0 Å². The summed E-state index contributed by atoms with van der Waals surface area (Å²) < 4.78 is 18.2. The molecule has 1 saturated heterocycles. The summed E-state index contributed by atoms with van der Waals surface area (Å²) >= 11 is 0. The van der Waals surface area contributed by atoms with Gasteiger partial charge < -0.3 is 10.5 Å². The van der Waals surface area contributed by atoms with E-state index in [4.69, 9.17) is 10.5 Å². The highest BCUT2D eigenvalue weighted by molar-refractivity contribution is 5.88. The molecular weight excluding hydrogens is 199 g/mol. The summed E-state index contributed by atoms with van der Waals surface area (Å²) in [7, 11) is 0. The first kappa shape index (κ1) is 9.76. The molecule has 1 aromatic rings. The molecule has 0 bridgehead atoms. The van der Waals surface area contributed by atoms with Crippen molar-refractivity contribution in [2.24, 2.45) is 0 Å². The second-order valence-electron chi connectivity index (χ2n) is 3.33. The molecule has 0 atom stereocenters. The third kappa shape index (κ3) is 1.86. The molecule has 15 heavy (non-hydrogen) atoms. The zero-order chi connectivity index (χ0) is 10.8. The van der Waals surface area contributed by atoms with Crippen molar-refractivity contribution in [2.75, 3.05) is 23.8 Å². The summed E-state index contributed by atoms with van der Waals surface area (Å²) in [6.45, 7) is 0.846. The monoisotopic (exact) mass is 210 g/mol. The van der Waals surface area contributed by atoms with E-state index >= 15 is 0 Å². The number of ether oxygens (including phenoxy) is 1. The maximum atomic E-state index is 13.4. The zero-order valence-corrected chi connectivity index (χ0v) is 8.07. The summed E-state index contributed by atoms with van der Waals surface area (Å²) in [5, 5.41) is 0. The van der Waals surface area contributed by atoms with Gasteiger partial charge in [-0.1, -0.05) is 0 Å². The lowest BCUT2D eigenvalue weighted by Gasteiger charge is -2.26. The molecule has 4 nitrogen and oxygen atoms in total. The van der Waals surface area contributed by atoms with Gasteiger partial charge in [0.05, 0.1) is 12.3 Å². The van der Waals surface area contributed by atoms with Crippen LogP contribution in [0.4, 0.5) is 20.6 Å². The SMILES string of the molecule is Nc1ccc(F)c(N2CCCOC2=O)c1. The zero-order valence-electron chi connectivity index (χ0n) is 8.07. The third-order valence-electron chi connectivity index (χ3n) is 2.23. The molecule has 1 heterocycles. The van der Waals surface area contributed by atoms with Crippen LogP contribution in [0.25, 0.3) is 0 Å². The van der Waals surface area contributed by atoms with E-state index in [1.165, 1.54) is 23.1 Å². The molecule has 0 unspecified atom stereocenters. The van der Waals surface area contributed by atoms with Gasteiger partial charge in [0, 0.05) is 12.2 Å². The smallest absolute Gasteiger partial charge is 0.414 e. The average molecular weight is 210 g/mol. The van der Waals surface area contributed by atoms with Gasteiger partial charge in [0.2, 0.25) is 0 Å². The average Bonchev–Trinajstić information content (AvgIpc) is 2.23. The number of nitrogens with zero attached hydrogens (tertiary/aromatic N) is 1. The number of nitrogen functional groups attached to an aromatic ring is 1. The number of halogens is 1. The fourth-order valence-corrected chi connectivity index (χ4v) is 1.51. The second kappa shape index (κ2) is 3.76. The molecule has 1 amide bonds. The predicted molar refractivity (Wildman–Crippen MR) is 54.1 cm³/mol. The molecule has 0 saturated carbocycles. The Kier molecular flexibility index (Phi) is 2.45. The van der Waals surface area contributed by atoms with Gasteiger partial charge in [0.15, 0.2) is 0 Å². The van der Waals surface area contributed by atoms with Gasteiger partial charge in [-0.3, -0.25) is 4.90 Å². The molecule has 1 aliphatic heterocycles. The maximum absolute atomic E-state index is 13.4. The quantitative estimate of drug-likeness (QED) is 0.718. The first-order valence-electron chi connectivity index (χ1n) is 4.68. The first-order chi connectivity index (χ1) is 7.18. The molecule has 80 valence electrons. The van der Waals surface area contributed by atoms with Gasteiger partial charge >= 0.3 is 6.09 Å². The normalized spacial score (nSPS) is 16.3. The number of hydrogen-bond donors (Lipinski definition) is 1. The van der Waals surface area contributed by atoms with Crippen LogP contribution in [0.2, 0.25) is 0 Å². The fourth-order valence-electron chi connectivity index (χ4n) is 1.51. The first-order valence-corrected chi connectivity index (χ1v) is 4.68. The molecule has 1 aromatic carbocycles. The number of cyclic esters (lactones) is 1. The summed E-state index contributed by atoms with van der Waals surface area (Å²) in [6, 6.07) is 4.13. The van der Waals surface area contributed by atoms with Gasteiger partial charge in [0.1, 0.15) is 5.82 Å². The molecule has 0 aliphatic carbocycles. The molecule has 0 spiro atoms. The van der Waals surface area contributed by atoms with E-state index in [-0.39, 0.29) is 5.69 Å². The second-order valence-corrected chi connectivity index (χ2v) is 3.33. The molecule has 0 aromatic heterocycles. The van der Waals surface area contributed by atoms with Crippen molar-refractivity contribution >= 4 is 17.5 Å². The largest absolute Gasteiger partial charge is 0.449 e. The Bertz CT molecular complexity index is 395. The molecule has 0 radical (unpaired) electrons. The lowest BCUT2D eigenvalue weighted by molar-refractivity contribution is 0.140. The van der Waals surface area contributed by atoms with Gasteiger partial charge in [-0.15, -0.1) is 0 Å². The van der Waals surface area contributed by atoms with Crippen molar-refractivity contribution in [2.45, 2.75) is 6.42 Å². The number of benzene rings is 1. The molecule has 1 aliphatic rings. The number of anilines is 2. The lowest BCUT2D eigenvalue weighted by atomic mass is 10.2. The number of hydrogen-bond acceptors (Lipinski definition) is 3. The fraction of sp³-hybridized carbons (Fsp3) is 0.300. The van der Waals surface area contributed by atoms with Crippen LogP contribution in [-0.2, 0) is 4.74 Å². The van der Waals surface area contributed by atoms with Crippen molar-refractivity contribution < 1.29 is 13.9 Å². The number of amides is 1. The highest BCUT2D eigenvalue weighted by atomic mass is 19.1. The summed E-state index contributed by atoms with van der Waals surface area (Å²) in [5.74, 6) is -0.469. The summed E-state index contributed by atoms with van der Waals surface area (Å²) in [6.07, 6.45) is 0.172. The summed E-state index contributed by atoms with van der Waals surface area (Å²) in [5.41, 5.74) is 6.14. The topological polar surface area (TPSA) is 55.6 Å². The third-order valence-corrected chi connectivity index (χ3v) is 2.23. The van der Waals surface area contributed by atoms with Crippen LogP contribution in [0.3, 0.4) is 0 Å². The number of carbonyl (C=O) groups is 1. The molecule has 5 heteroatoms. The Morgan fingerprint density at radius 1 is 1.47 bits per heavy atom. The van der Waals surface area contributed by atoms with Crippen molar-refractivity contribution in [1.29, 1.82) is 0 Å². The van der Waals surface area contributed by atoms with E-state index in [1.807, 2.05) is 0 Å². The molecule has 1 fully saturated rings. The highest BCUT2D eigenvalue weighted by Gasteiger charge is 2.23. The van der Waals surface area contributed by atoms with Gasteiger partial charge in [-0.25, -0.2) is 9.18 Å². The van der Waals surface area contributed by atoms with Crippen LogP contribution in [0.15, 0.2) is 18.2 Å². The van der Waals surface area contributed by atoms with E-state index in [0.29, 0.717) is 25.3 Å². The van der Waals surface area contributed by atoms with Gasteiger partial charge in [-0.2, -0.15) is 0 Å². The van der Waals surface area contributed by atoms with Crippen molar-refractivity contribution in [1.82, 2.24) is 0 Å². The van der Waals surface area contributed by atoms with Gasteiger partial charge in [0.25, 0.3) is 0 Å². The Morgan fingerprint density at radius 2 is 2.27 bits per heavy atom. The van der Waals surface area contributed by atoms with Crippen LogP contribution in [0.1, 0.15) is 6.42 Å². The van der Waals surface area contributed by atoms with Crippen LogP contribution < -0.4 is 10.6 Å². The van der Waals surface area contributed by atoms with Gasteiger partial charge in [-0.05, 0) is 24.6 Å². The number of carbonyl (C=O) groups excluding carboxylic acids is 1. The van der Waals surface area contributed by atoms with Crippen molar-refractivity contribution in [3.63, 3.8) is 0 Å². The Morgan fingerprint density at radius 3 is 3.00 bits per heavy atom. The lowest BCUT2D eigenvalue weighted by Crippen LogP contribution is -2.38. The van der Waals surface area contributed by atoms with Crippen molar-refractivity contribution in [3.05, 3.63) is 24.0 Å². The Hall–Kier alpha value is -1.78. The van der Waals surface area contributed by atoms with E-state index < -0.39 is 11.9 Å². The Labute approximate surface area is 86.4 Å². The van der Waals surface area contributed by atoms with Crippen LogP contribution >= 0.6 is 0 Å². The van der Waals surface area contributed by atoms with E-state index in [1.54, 1.807) is 0 Å². The molecule has 2 N–H and O–H groups in total. The molecule has 2 rings (SSSR count). The van der Waals surface area contributed by atoms with E-state index in [9.17, 15) is 9.18 Å². The van der Waals surface area contributed by atoms with Crippen molar-refractivity contribution in [3.8, 4) is 0 Å². The van der Waals surface area contributed by atoms with Crippen LogP contribution in [0, 0.1) is 5.82 Å². The minimum atomic E-state index is -0.522. The van der Waals surface area contributed by atoms with Crippen LogP contribution in [-0.4, -0.2) is 19.2 Å². The standard InChI is InChI=1S/C10H11FN2O2/c11-8-3-2-7(12)6-9(8)13-4-1-5-15-10(13)14/h2-3,6H,1,4-5,12H2. The highest BCUT2D eigenvalue weighted by Crippen LogP contribution is 2.24. The number of rotatable bonds is 1. The summed E-state index contributed by atoms with van der Waals surface area (Å²) in [4.78, 5) is 12.6. The van der Waals surface area contributed by atoms with Crippen LogP contribution in [0.5, 0.6) is 0 Å². The maximum Gasteiger partial charge on any atom is 0.414 e.